The highest BCUT2D eigenvalue weighted by atomic mass is 16.2. The molecule has 128 valence electrons. The topological polar surface area (TPSA) is 41.4 Å². The molecule has 0 saturated carbocycles. The van der Waals surface area contributed by atoms with Crippen LogP contribution in [0.4, 0.5) is 0 Å². The molecule has 1 aromatic heterocycles. The van der Waals surface area contributed by atoms with E-state index in [4.69, 9.17) is 0 Å². The van der Waals surface area contributed by atoms with Crippen molar-refractivity contribution in [3.05, 3.63) is 18.0 Å². The van der Waals surface area contributed by atoms with Gasteiger partial charge >= 0.3 is 0 Å². The fourth-order valence-electron chi connectivity index (χ4n) is 4.09. The van der Waals surface area contributed by atoms with Crippen LogP contribution in [0.25, 0.3) is 0 Å². The number of carbonyl (C=O) groups excluding carboxylic acids is 1. The Morgan fingerprint density at radius 1 is 1.22 bits per heavy atom. The van der Waals surface area contributed by atoms with Gasteiger partial charge in [0.1, 0.15) is 0 Å². The number of hydrogen-bond donors (Lipinski definition) is 0. The zero-order chi connectivity index (χ0) is 16.6. The molecule has 0 N–H and O–H groups in total. The van der Waals surface area contributed by atoms with Gasteiger partial charge in [0, 0.05) is 24.8 Å². The first-order valence-electron chi connectivity index (χ1n) is 9.02. The Hall–Kier alpha value is -1.36. The minimum atomic E-state index is -0.0899. The van der Waals surface area contributed by atoms with Crippen molar-refractivity contribution in [3.8, 4) is 0 Å². The van der Waals surface area contributed by atoms with Crippen LogP contribution < -0.4 is 0 Å². The number of likely N-dealkylation sites (tertiary alicyclic amines) is 2. The first kappa shape index (κ1) is 16.5. The van der Waals surface area contributed by atoms with Gasteiger partial charge in [-0.25, -0.2) is 0 Å². The summed E-state index contributed by atoms with van der Waals surface area (Å²) in [7, 11) is 0. The highest BCUT2D eigenvalue weighted by Gasteiger charge is 2.39. The van der Waals surface area contributed by atoms with Crippen LogP contribution in [0, 0.1) is 0 Å². The van der Waals surface area contributed by atoms with E-state index in [1.807, 2.05) is 10.9 Å². The quantitative estimate of drug-likeness (QED) is 0.860. The summed E-state index contributed by atoms with van der Waals surface area (Å²) in [4.78, 5) is 17.7. The molecule has 1 amide bonds. The van der Waals surface area contributed by atoms with Crippen LogP contribution in [0.3, 0.4) is 0 Å². The molecular formula is C18H30N4O. The highest BCUT2D eigenvalue weighted by Crippen LogP contribution is 2.31. The fraction of sp³-hybridized carbons (Fsp3) is 0.778. The van der Waals surface area contributed by atoms with E-state index >= 15 is 0 Å². The van der Waals surface area contributed by atoms with Crippen LogP contribution in [0.2, 0.25) is 0 Å². The van der Waals surface area contributed by atoms with Gasteiger partial charge in [-0.15, -0.1) is 0 Å². The summed E-state index contributed by atoms with van der Waals surface area (Å²) in [5.41, 5.74) is 0.640. The molecule has 2 saturated heterocycles. The Balaban J connectivity index is 1.77. The zero-order valence-electron chi connectivity index (χ0n) is 15.0. The van der Waals surface area contributed by atoms with E-state index in [1.54, 1.807) is 6.20 Å². The Labute approximate surface area is 139 Å². The van der Waals surface area contributed by atoms with Crippen molar-refractivity contribution in [2.75, 3.05) is 19.6 Å². The van der Waals surface area contributed by atoms with Crippen LogP contribution in [-0.4, -0.2) is 57.2 Å². The van der Waals surface area contributed by atoms with Crippen LogP contribution >= 0.6 is 0 Å². The van der Waals surface area contributed by atoms with Crippen molar-refractivity contribution in [3.63, 3.8) is 0 Å². The summed E-state index contributed by atoms with van der Waals surface area (Å²) in [5, 5.41) is 4.39. The predicted molar refractivity (Wildman–Crippen MR) is 91.6 cm³/mol. The van der Waals surface area contributed by atoms with E-state index in [0.717, 1.165) is 31.5 Å². The Morgan fingerprint density at radius 2 is 1.91 bits per heavy atom. The third-order valence-electron chi connectivity index (χ3n) is 5.34. The molecule has 0 aromatic carbocycles. The zero-order valence-corrected chi connectivity index (χ0v) is 15.0. The minimum absolute atomic E-state index is 0.0899. The summed E-state index contributed by atoms with van der Waals surface area (Å²) >= 11 is 0. The van der Waals surface area contributed by atoms with Gasteiger partial charge in [0.05, 0.1) is 17.3 Å². The average Bonchev–Trinajstić information content (AvgIpc) is 3.23. The number of rotatable bonds is 3. The average molecular weight is 318 g/mol. The number of likely N-dealkylation sites (N-methyl/N-ethyl adjacent to an activating group) is 1. The molecule has 5 heteroatoms. The van der Waals surface area contributed by atoms with Crippen LogP contribution in [-0.2, 0) is 5.54 Å². The van der Waals surface area contributed by atoms with Crippen LogP contribution in [0.5, 0.6) is 0 Å². The standard InChI is InChI=1S/C18H30N4O/c1-5-20-10-6-8-15(20)16-9-7-11-21(16)17(23)14-12-19-22(13-14)18(2,3)4/h12-13,15-16H,5-11H2,1-4H3/t15-,16+/m1/s1. The number of carbonyl (C=O) groups is 1. The molecule has 2 atom stereocenters. The molecule has 0 bridgehead atoms. The molecule has 3 heterocycles. The fourth-order valence-corrected chi connectivity index (χ4v) is 4.09. The first-order valence-corrected chi connectivity index (χ1v) is 9.02. The molecule has 3 rings (SSSR count). The van der Waals surface area contributed by atoms with Crippen molar-refractivity contribution in [2.24, 2.45) is 0 Å². The van der Waals surface area contributed by atoms with Gasteiger partial charge in [0.15, 0.2) is 0 Å². The second-order valence-corrected chi connectivity index (χ2v) is 7.89. The number of amides is 1. The van der Waals surface area contributed by atoms with Gasteiger partial charge in [-0.05, 0) is 59.5 Å². The summed E-state index contributed by atoms with van der Waals surface area (Å²) in [6.07, 6.45) is 8.39. The van der Waals surface area contributed by atoms with E-state index in [-0.39, 0.29) is 11.4 Å². The third-order valence-corrected chi connectivity index (χ3v) is 5.34. The van der Waals surface area contributed by atoms with Gasteiger partial charge in [-0.2, -0.15) is 5.10 Å². The maximum Gasteiger partial charge on any atom is 0.257 e. The maximum absolute atomic E-state index is 13.0. The van der Waals surface area contributed by atoms with Crippen LogP contribution in [0.1, 0.15) is 63.7 Å². The van der Waals surface area contributed by atoms with Gasteiger partial charge in [0.25, 0.3) is 5.91 Å². The summed E-state index contributed by atoms with van der Waals surface area (Å²) in [6.45, 7) is 11.7. The maximum atomic E-state index is 13.0. The lowest BCUT2D eigenvalue weighted by atomic mass is 10.0. The van der Waals surface area contributed by atoms with E-state index < -0.39 is 0 Å². The lowest BCUT2D eigenvalue weighted by molar-refractivity contribution is 0.0649. The monoisotopic (exact) mass is 318 g/mol. The normalized spacial score (nSPS) is 26.2. The van der Waals surface area contributed by atoms with E-state index in [2.05, 4.69) is 42.6 Å². The molecule has 2 aliphatic heterocycles. The molecule has 0 spiro atoms. The first-order chi connectivity index (χ1) is 10.9. The van der Waals surface area contributed by atoms with Crippen molar-refractivity contribution < 1.29 is 4.79 Å². The second kappa shape index (κ2) is 6.27. The smallest absolute Gasteiger partial charge is 0.257 e. The molecule has 0 unspecified atom stereocenters. The van der Waals surface area contributed by atoms with Crippen LogP contribution in [0.15, 0.2) is 12.4 Å². The Morgan fingerprint density at radius 3 is 2.57 bits per heavy atom. The summed E-state index contributed by atoms with van der Waals surface area (Å²) in [6, 6.07) is 0.923. The van der Waals surface area contributed by atoms with E-state index in [1.165, 1.54) is 19.4 Å². The summed E-state index contributed by atoms with van der Waals surface area (Å²) < 4.78 is 1.89. The molecule has 0 radical (unpaired) electrons. The Kier molecular flexibility index (Phi) is 4.50. The largest absolute Gasteiger partial charge is 0.334 e. The van der Waals surface area contributed by atoms with Gasteiger partial charge in [-0.1, -0.05) is 6.92 Å². The van der Waals surface area contributed by atoms with Crippen molar-refractivity contribution in [1.29, 1.82) is 0 Å². The van der Waals surface area contributed by atoms with Gasteiger partial charge in [0.2, 0.25) is 0 Å². The third kappa shape index (κ3) is 3.16. The van der Waals surface area contributed by atoms with Crippen molar-refractivity contribution >= 4 is 5.91 Å². The molecule has 0 aliphatic carbocycles. The molecule has 23 heavy (non-hydrogen) atoms. The molecule has 1 aromatic rings. The lowest BCUT2D eigenvalue weighted by Gasteiger charge is -2.34. The van der Waals surface area contributed by atoms with Gasteiger partial charge in [-0.3, -0.25) is 14.4 Å². The number of hydrogen-bond acceptors (Lipinski definition) is 3. The van der Waals surface area contributed by atoms with Crippen molar-refractivity contribution in [1.82, 2.24) is 19.6 Å². The Bertz CT molecular complexity index is 560. The SMILES string of the molecule is CCN1CCC[C@@H]1[C@@H]1CCCN1C(=O)c1cnn(C(C)(C)C)c1. The number of nitrogens with zero attached hydrogens (tertiary/aromatic N) is 4. The van der Waals surface area contributed by atoms with Crippen molar-refractivity contribution in [2.45, 2.75) is 71.0 Å². The predicted octanol–water partition coefficient (Wildman–Crippen LogP) is 2.73. The number of aromatic nitrogens is 2. The summed E-state index contributed by atoms with van der Waals surface area (Å²) in [5.74, 6) is 0.158. The minimum Gasteiger partial charge on any atom is -0.334 e. The molecule has 2 fully saturated rings. The van der Waals surface area contributed by atoms with Gasteiger partial charge < -0.3 is 4.90 Å². The molecule has 2 aliphatic rings. The van der Waals surface area contributed by atoms with E-state index in [9.17, 15) is 4.79 Å². The highest BCUT2D eigenvalue weighted by molar-refractivity contribution is 5.94. The second-order valence-electron chi connectivity index (χ2n) is 7.89. The molecular weight excluding hydrogens is 288 g/mol. The molecule has 5 nitrogen and oxygen atoms in total. The lowest BCUT2D eigenvalue weighted by Crippen LogP contribution is -2.48. The van der Waals surface area contributed by atoms with E-state index in [0.29, 0.717) is 12.1 Å².